The van der Waals surface area contributed by atoms with Gasteiger partial charge in [-0.1, -0.05) is 36.4 Å². The quantitative estimate of drug-likeness (QED) is 0.357. The fraction of sp³-hybridized carbons (Fsp3) is 0.190. The van der Waals surface area contributed by atoms with Gasteiger partial charge in [0.05, 0.1) is 36.0 Å². The Morgan fingerprint density at radius 2 is 1.89 bits per heavy atom. The monoisotopic (exact) mass is 400 g/mol. The van der Waals surface area contributed by atoms with Crippen molar-refractivity contribution in [2.24, 2.45) is 0 Å². The minimum Gasteiger partial charge on any atom is -0.505 e. The Kier molecular flexibility index (Phi) is 6.23. The molecule has 0 aromatic heterocycles. The summed E-state index contributed by atoms with van der Waals surface area (Å²) in [7, 11) is 1.52. The molecule has 0 fully saturated rings. The van der Waals surface area contributed by atoms with Crippen LogP contribution in [0.15, 0.2) is 54.6 Å². The summed E-state index contributed by atoms with van der Waals surface area (Å²) in [5.41, 5.74) is 0.967. The minimum absolute atomic E-state index is 0.0552. The lowest BCUT2D eigenvalue weighted by atomic mass is 10.0. The Morgan fingerprint density at radius 3 is 2.64 bits per heavy atom. The number of carbonyl (C=O) groups is 1. The highest BCUT2D eigenvalue weighted by Gasteiger charge is 2.19. The van der Waals surface area contributed by atoms with Crippen LogP contribution in [0.1, 0.15) is 10.4 Å². The van der Waals surface area contributed by atoms with Gasteiger partial charge in [0.25, 0.3) is 5.91 Å². The highest BCUT2D eigenvalue weighted by atomic mass is 35.5. The van der Waals surface area contributed by atoms with E-state index in [9.17, 15) is 15.0 Å². The topological polar surface area (TPSA) is 90.8 Å². The van der Waals surface area contributed by atoms with Crippen LogP contribution in [0.4, 0.5) is 11.4 Å². The molecule has 0 aliphatic heterocycles. The number of aliphatic hydroxyl groups is 1. The molecule has 6 nitrogen and oxygen atoms in total. The number of nitrogens with one attached hydrogen (secondary N) is 2. The molecule has 0 bridgehead atoms. The molecule has 4 N–H and O–H groups in total. The first-order valence-electron chi connectivity index (χ1n) is 8.72. The molecule has 0 radical (unpaired) electrons. The van der Waals surface area contributed by atoms with E-state index in [2.05, 4.69) is 10.6 Å². The summed E-state index contributed by atoms with van der Waals surface area (Å²) in [4.78, 5) is 12.9. The number of para-hydroxylation sites is 2. The summed E-state index contributed by atoms with van der Waals surface area (Å²) in [6.45, 7) is 0.138. The lowest BCUT2D eigenvalue weighted by molar-refractivity contribution is 0.102. The molecule has 0 saturated heterocycles. The van der Waals surface area contributed by atoms with Crippen molar-refractivity contribution in [3.05, 3.63) is 60.2 Å². The average Bonchev–Trinajstić information content (AvgIpc) is 2.72. The first kappa shape index (κ1) is 19.8. The summed E-state index contributed by atoms with van der Waals surface area (Å²) in [5.74, 6) is -0.110. The van der Waals surface area contributed by atoms with Crippen LogP contribution in [0.5, 0.6) is 11.5 Å². The molecule has 0 aliphatic rings. The molecule has 0 saturated carbocycles. The number of anilines is 2. The van der Waals surface area contributed by atoms with Gasteiger partial charge in [-0.3, -0.25) is 4.79 Å². The number of hydrogen-bond donors (Lipinski definition) is 4. The van der Waals surface area contributed by atoms with Gasteiger partial charge in [0.15, 0.2) is 5.75 Å². The maximum atomic E-state index is 12.9. The fourth-order valence-corrected chi connectivity index (χ4v) is 3.01. The zero-order chi connectivity index (χ0) is 20.1. The highest BCUT2D eigenvalue weighted by Crippen LogP contribution is 2.37. The number of rotatable bonds is 7. The molecule has 1 amide bonds. The molecule has 1 atom stereocenters. The first-order chi connectivity index (χ1) is 13.5. The van der Waals surface area contributed by atoms with E-state index in [0.717, 1.165) is 10.8 Å². The van der Waals surface area contributed by atoms with E-state index in [-0.39, 0.29) is 23.7 Å². The number of hydrogen-bond acceptors (Lipinski definition) is 5. The Hall–Kier alpha value is -2.96. The third-order valence-electron chi connectivity index (χ3n) is 4.31. The van der Waals surface area contributed by atoms with Crippen molar-refractivity contribution in [3.63, 3.8) is 0 Å². The molecular formula is C21H21ClN2O4. The first-order valence-corrected chi connectivity index (χ1v) is 9.25. The molecule has 146 valence electrons. The normalized spacial score (nSPS) is 11.8. The van der Waals surface area contributed by atoms with Gasteiger partial charge in [0, 0.05) is 11.9 Å². The Balaban J connectivity index is 2.00. The van der Waals surface area contributed by atoms with Gasteiger partial charge in [-0.05, 0) is 23.6 Å². The molecule has 7 heteroatoms. The maximum Gasteiger partial charge on any atom is 0.259 e. The predicted octanol–water partition coefficient (Wildman–Crippen LogP) is 3.82. The van der Waals surface area contributed by atoms with Crippen molar-refractivity contribution in [1.82, 2.24) is 0 Å². The molecule has 3 rings (SSSR count). The second-order valence-electron chi connectivity index (χ2n) is 6.21. The van der Waals surface area contributed by atoms with E-state index in [0.29, 0.717) is 17.1 Å². The lowest BCUT2D eigenvalue weighted by Crippen LogP contribution is -2.21. The van der Waals surface area contributed by atoms with E-state index in [1.807, 2.05) is 24.3 Å². The Morgan fingerprint density at radius 1 is 1.18 bits per heavy atom. The number of halogens is 1. The zero-order valence-corrected chi connectivity index (χ0v) is 16.0. The molecule has 1 unspecified atom stereocenters. The van der Waals surface area contributed by atoms with Gasteiger partial charge in [0.1, 0.15) is 5.75 Å². The van der Waals surface area contributed by atoms with Crippen LogP contribution in [0.2, 0.25) is 0 Å². The molecular weight excluding hydrogens is 380 g/mol. The van der Waals surface area contributed by atoms with Crippen molar-refractivity contribution in [1.29, 1.82) is 0 Å². The van der Waals surface area contributed by atoms with Crippen LogP contribution in [-0.2, 0) is 0 Å². The van der Waals surface area contributed by atoms with Crippen molar-refractivity contribution >= 4 is 39.7 Å². The second kappa shape index (κ2) is 8.82. The number of ether oxygens (including phenoxy) is 1. The van der Waals surface area contributed by atoms with Gasteiger partial charge < -0.3 is 25.6 Å². The minimum atomic E-state index is -0.786. The summed E-state index contributed by atoms with van der Waals surface area (Å²) in [6, 6.07) is 16.0. The molecule has 3 aromatic carbocycles. The number of alkyl halides is 1. The summed E-state index contributed by atoms with van der Waals surface area (Å²) in [6.07, 6.45) is -0.786. The van der Waals surface area contributed by atoms with Crippen LogP contribution in [0, 0.1) is 0 Å². The zero-order valence-electron chi connectivity index (χ0n) is 15.3. The van der Waals surface area contributed by atoms with Crippen LogP contribution < -0.4 is 15.4 Å². The highest BCUT2D eigenvalue weighted by molar-refractivity contribution is 6.18. The maximum absolute atomic E-state index is 12.9. The van der Waals surface area contributed by atoms with Crippen molar-refractivity contribution in [2.75, 3.05) is 30.2 Å². The molecule has 28 heavy (non-hydrogen) atoms. The SMILES string of the molecule is COc1ccccc1NC(=O)c1cc2ccccc2c(NCC(O)CCl)c1O. The Bertz CT molecular complexity index is 993. The number of carbonyl (C=O) groups excluding carboxylic acids is 1. The third kappa shape index (κ3) is 4.13. The number of phenolic OH excluding ortho intramolecular Hbond substituents is 1. The van der Waals surface area contributed by atoms with E-state index >= 15 is 0 Å². The number of benzene rings is 3. The van der Waals surface area contributed by atoms with E-state index < -0.39 is 12.0 Å². The third-order valence-corrected chi connectivity index (χ3v) is 4.67. The van der Waals surface area contributed by atoms with E-state index in [1.54, 1.807) is 30.3 Å². The van der Waals surface area contributed by atoms with Crippen LogP contribution in [0.3, 0.4) is 0 Å². The van der Waals surface area contributed by atoms with Crippen LogP contribution >= 0.6 is 11.6 Å². The smallest absolute Gasteiger partial charge is 0.259 e. The van der Waals surface area contributed by atoms with E-state index in [1.165, 1.54) is 7.11 Å². The van der Waals surface area contributed by atoms with Crippen molar-refractivity contribution < 1.29 is 19.7 Å². The van der Waals surface area contributed by atoms with Gasteiger partial charge in [0.2, 0.25) is 0 Å². The lowest BCUT2D eigenvalue weighted by Gasteiger charge is -2.17. The number of amides is 1. The summed E-state index contributed by atoms with van der Waals surface area (Å²) >= 11 is 5.65. The van der Waals surface area contributed by atoms with Gasteiger partial charge in [-0.2, -0.15) is 0 Å². The van der Waals surface area contributed by atoms with Gasteiger partial charge >= 0.3 is 0 Å². The van der Waals surface area contributed by atoms with Crippen molar-refractivity contribution in [3.8, 4) is 11.5 Å². The predicted molar refractivity (Wildman–Crippen MR) is 112 cm³/mol. The molecule has 3 aromatic rings. The molecule has 0 heterocycles. The number of aromatic hydroxyl groups is 1. The fourth-order valence-electron chi connectivity index (χ4n) is 2.90. The van der Waals surface area contributed by atoms with E-state index in [4.69, 9.17) is 16.3 Å². The number of aliphatic hydroxyl groups excluding tert-OH is 1. The number of methoxy groups -OCH3 is 1. The summed E-state index contributed by atoms with van der Waals surface area (Å²) < 4.78 is 5.25. The number of fused-ring (bicyclic) bond motifs is 1. The second-order valence-corrected chi connectivity index (χ2v) is 6.52. The molecule has 0 aliphatic carbocycles. The molecule has 0 spiro atoms. The standard InChI is InChI=1S/C21H21ClN2O4/c1-28-18-9-5-4-8-17(18)24-21(27)16-10-13-6-2-3-7-15(13)19(20(16)26)23-12-14(25)11-22/h2-10,14,23,25-26H,11-12H2,1H3,(H,24,27). The average molecular weight is 401 g/mol. The van der Waals surface area contributed by atoms with Gasteiger partial charge in [-0.25, -0.2) is 0 Å². The van der Waals surface area contributed by atoms with Crippen molar-refractivity contribution in [2.45, 2.75) is 6.10 Å². The van der Waals surface area contributed by atoms with Crippen LogP contribution in [0.25, 0.3) is 10.8 Å². The largest absolute Gasteiger partial charge is 0.505 e. The van der Waals surface area contributed by atoms with Gasteiger partial charge in [-0.15, -0.1) is 11.6 Å². The number of phenols is 1. The van der Waals surface area contributed by atoms with Crippen LogP contribution in [-0.4, -0.2) is 41.8 Å². The summed E-state index contributed by atoms with van der Waals surface area (Å²) in [5, 5.41) is 27.8. The Labute approximate surface area is 167 Å².